The molecule has 5 nitrogen and oxygen atoms in total. The van der Waals surface area contributed by atoms with Crippen LogP contribution in [0.15, 0.2) is 6.07 Å². The first-order valence-electron chi connectivity index (χ1n) is 4.20. The van der Waals surface area contributed by atoms with Crippen LogP contribution in [-0.4, -0.2) is 28.5 Å². The molecule has 0 unspecified atom stereocenters. The van der Waals surface area contributed by atoms with Crippen molar-refractivity contribution in [1.82, 2.24) is 9.78 Å². The molecule has 8 heteroatoms. The maximum Gasteiger partial charge on any atom is 0.422 e. The van der Waals surface area contributed by atoms with Crippen LogP contribution in [0.2, 0.25) is 0 Å². The van der Waals surface area contributed by atoms with Crippen LogP contribution in [0.3, 0.4) is 0 Å². The van der Waals surface area contributed by atoms with Crippen molar-refractivity contribution < 1.29 is 27.4 Å². The Balaban J connectivity index is 2.66. The summed E-state index contributed by atoms with van der Waals surface area (Å²) in [5.41, 5.74) is 0. The van der Waals surface area contributed by atoms with Gasteiger partial charge in [-0.05, 0) is 0 Å². The maximum atomic E-state index is 11.8. The van der Waals surface area contributed by atoms with E-state index in [0.29, 0.717) is 0 Å². The van der Waals surface area contributed by atoms with Gasteiger partial charge in [0.05, 0.1) is 6.07 Å². The predicted molar refractivity (Wildman–Crippen MR) is 46.1 cm³/mol. The number of halogens is 3. The molecule has 1 heterocycles. The summed E-state index contributed by atoms with van der Waals surface area (Å²) >= 11 is 0. The van der Waals surface area contributed by atoms with Gasteiger partial charge in [0.25, 0.3) is 0 Å². The largest absolute Gasteiger partial charge is 0.467 e. The van der Waals surface area contributed by atoms with Crippen LogP contribution in [-0.2, 0) is 11.8 Å². The van der Waals surface area contributed by atoms with Crippen LogP contribution in [0.5, 0.6) is 11.8 Å². The molecule has 16 heavy (non-hydrogen) atoms. The maximum absolute atomic E-state index is 11.8. The highest BCUT2D eigenvalue weighted by molar-refractivity contribution is 5.68. The molecule has 0 atom stereocenters. The molecule has 0 N–H and O–H groups in total. The average Bonchev–Trinajstić information content (AvgIpc) is 2.42. The third-order valence-corrected chi connectivity index (χ3v) is 1.45. The number of carbonyl (C=O) groups is 1. The molecular formula is C8H9F3N2O3. The van der Waals surface area contributed by atoms with Gasteiger partial charge in [0, 0.05) is 14.0 Å². The molecule has 0 saturated heterocycles. The van der Waals surface area contributed by atoms with E-state index in [2.05, 4.69) is 14.6 Å². The lowest BCUT2D eigenvalue weighted by Gasteiger charge is -2.05. The summed E-state index contributed by atoms with van der Waals surface area (Å²) < 4.78 is 45.6. The Labute approximate surface area is 88.7 Å². The third-order valence-electron chi connectivity index (χ3n) is 1.45. The lowest BCUT2D eigenvalue weighted by atomic mass is 10.6. The highest BCUT2D eigenvalue weighted by Crippen LogP contribution is 2.21. The van der Waals surface area contributed by atoms with Gasteiger partial charge in [-0.1, -0.05) is 0 Å². The minimum atomic E-state index is -4.43. The monoisotopic (exact) mass is 238 g/mol. The Morgan fingerprint density at radius 2 is 2.19 bits per heavy atom. The molecule has 0 spiro atoms. The van der Waals surface area contributed by atoms with Gasteiger partial charge in [0.15, 0.2) is 6.61 Å². The zero-order valence-electron chi connectivity index (χ0n) is 8.54. The van der Waals surface area contributed by atoms with Crippen molar-refractivity contribution in [2.75, 3.05) is 6.61 Å². The fourth-order valence-electron chi connectivity index (χ4n) is 0.894. The molecule has 0 radical (unpaired) electrons. The molecule has 0 saturated carbocycles. The van der Waals surface area contributed by atoms with Gasteiger partial charge in [0.1, 0.15) is 0 Å². The normalized spacial score (nSPS) is 11.3. The number of aryl methyl sites for hydroxylation is 1. The summed E-state index contributed by atoms with van der Waals surface area (Å²) in [6.45, 7) is -0.271. The molecule has 0 aliphatic carbocycles. The van der Waals surface area contributed by atoms with Crippen molar-refractivity contribution in [2.24, 2.45) is 7.05 Å². The molecule has 0 aliphatic heterocycles. The number of carbonyl (C=O) groups excluding carboxylic acids is 1. The van der Waals surface area contributed by atoms with Crippen molar-refractivity contribution in [3.05, 3.63) is 6.07 Å². The Morgan fingerprint density at radius 1 is 1.56 bits per heavy atom. The van der Waals surface area contributed by atoms with E-state index >= 15 is 0 Å². The van der Waals surface area contributed by atoms with Crippen LogP contribution in [0.25, 0.3) is 0 Å². The molecular weight excluding hydrogens is 229 g/mol. The summed E-state index contributed by atoms with van der Waals surface area (Å²) in [7, 11) is 1.42. The molecule has 1 rings (SSSR count). The minimum absolute atomic E-state index is 0.0182. The molecule has 1 aromatic heterocycles. The highest BCUT2D eigenvalue weighted by Gasteiger charge is 2.29. The molecule has 0 fully saturated rings. The van der Waals surface area contributed by atoms with E-state index in [1.165, 1.54) is 14.0 Å². The highest BCUT2D eigenvalue weighted by atomic mass is 19.4. The number of ether oxygens (including phenoxy) is 2. The molecule has 0 aliphatic rings. The van der Waals surface area contributed by atoms with Crippen LogP contribution >= 0.6 is 0 Å². The minimum Gasteiger partial charge on any atom is -0.467 e. The number of rotatable bonds is 3. The smallest absolute Gasteiger partial charge is 0.422 e. The fourth-order valence-corrected chi connectivity index (χ4v) is 0.894. The van der Waals surface area contributed by atoms with Gasteiger partial charge >= 0.3 is 12.1 Å². The Hall–Kier alpha value is -1.73. The second-order valence-electron chi connectivity index (χ2n) is 2.94. The van der Waals surface area contributed by atoms with Gasteiger partial charge in [-0.15, -0.1) is 5.10 Å². The number of aromatic nitrogens is 2. The first-order valence-corrected chi connectivity index (χ1v) is 4.20. The lowest BCUT2D eigenvalue weighted by Crippen LogP contribution is -2.19. The van der Waals surface area contributed by atoms with Crippen molar-refractivity contribution in [3.63, 3.8) is 0 Å². The van der Waals surface area contributed by atoms with E-state index in [1.807, 2.05) is 0 Å². The average molecular weight is 238 g/mol. The van der Waals surface area contributed by atoms with E-state index in [4.69, 9.17) is 0 Å². The number of nitrogens with zero attached hydrogens (tertiary/aromatic N) is 2. The summed E-state index contributed by atoms with van der Waals surface area (Å²) in [5.74, 6) is -0.828. The Kier molecular flexibility index (Phi) is 3.41. The van der Waals surface area contributed by atoms with Gasteiger partial charge in [-0.3, -0.25) is 4.79 Å². The SMILES string of the molecule is CC(=O)Oc1cc(OCC(F)(F)F)nn1C. The molecule has 0 bridgehead atoms. The Morgan fingerprint density at radius 3 is 2.69 bits per heavy atom. The summed E-state index contributed by atoms with van der Waals surface area (Å²) in [6, 6.07) is 1.10. The third kappa shape index (κ3) is 3.79. The number of alkyl halides is 3. The summed E-state index contributed by atoms with van der Waals surface area (Å²) in [5, 5.41) is 3.58. The van der Waals surface area contributed by atoms with Crippen LogP contribution in [0.4, 0.5) is 13.2 Å². The predicted octanol–water partition coefficient (Wildman–Crippen LogP) is 1.29. The van der Waals surface area contributed by atoms with Crippen molar-refractivity contribution >= 4 is 5.97 Å². The van der Waals surface area contributed by atoms with Crippen LogP contribution in [0.1, 0.15) is 6.92 Å². The fraction of sp³-hybridized carbons (Fsp3) is 0.500. The van der Waals surface area contributed by atoms with Gasteiger partial charge in [0.2, 0.25) is 11.8 Å². The first kappa shape index (κ1) is 12.3. The first-order chi connectivity index (χ1) is 7.28. The van der Waals surface area contributed by atoms with Crippen LogP contribution in [0, 0.1) is 0 Å². The molecule has 0 amide bonds. The number of hydrogen-bond acceptors (Lipinski definition) is 4. The van der Waals surface area contributed by atoms with E-state index in [0.717, 1.165) is 10.7 Å². The van der Waals surface area contributed by atoms with Gasteiger partial charge in [-0.2, -0.15) is 13.2 Å². The Bertz CT molecular complexity index is 386. The zero-order chi connectivity index (χ0) is 12.3. The van der Waals surface area contributed by atoms with Crippen molar-refractivity contribution in [2.45, 2.75) is 13.1 Å². The van der Waals surface area contributed by atoms with Crippen molar-refractivity contribution in [3.8, 4) is 11.8 Å². The van der Waals surface area contributed by atoms with E-state index in [9.17, 15) is 18.0 Å². The van der Waals surface area contributed by atoms with Gasteiger partial charge in [-0.25, -0.2) is 4.68 Å². The summed E-state index contributed by atoms with van der Waals surface area (Å²) in [6.07, 6.45) is -4.43. The number of esters is 1. The van der Waals surface area contributed by atoms with E-state index < -0.39 is 18.8 Å². The van der Waals surface area contributed by atoms with E-state index in [-0.39, 0.29) is 11.8 Å². The topological polar surface area (TPSA) is 53.4 Å². The molecule has 0 aromatic carbocycles. The second kappa shape index (κ2) is 4.42. The zero-order valence-corrected chi connectivity index (χ0v) is 8.54. The van der Waals surface area contributed by atoms with Crippen LogP contribution < -0.4 is 9.47 Å². The standard InChI is InChI=1S/C8H9F3N2O3/c1-5(14)16-7-3-6(12-13(7)2)15-4-8(9,10)11/h3H,4H2,1-2H3. The lowest BCUT2D eigenvalue weighted by molar-refractivity contribution is -0.154. The quantitative estimate of drug-likeness (QED) is 0.744. The van der Waals surface area contributed by atoms with Crippen molar-refractivity contribution in [1.29, 1.82) is 0 Å². The van der Waals surface area contributed by atoms with Gasteiger partial charge < -0.3 is 9.47 Å². The summed E-state index contributed by atoms with van der Waals surface area (Å²) in [4.78, 5) is 10.6. The molecule has 90 valence electrons. The second-order valence-corrected chi connectivity index (χ2v) is 2.94. The number of hydrogen-bond donors (Lipinski definition) is 0. The molecule has 1 aromatic rings. The van der Waals surface area contributed by atoms with E-state index in [1.54, 1.807) is 0 Å².